The van der Waals surface area contributed by atoms with Crippen LogP contribution in [-0.2, 0) is 24.2 Å². The molecule has 6 nitrogen and oxygen atoms in total. The van der Waals surface area contributed by atoms with Gasteiger partial charge in [0.2, 0.25) is 5.82 Å². The molecule has 15 heavy (non-hydrogen) atoms. The Labute approximate surface area is 86.1 Å². The van der Waals surface area contributed by atoms with Gasteiger partial charge in [-0.25, -0.2) is 0 Å². The van der Waals surface area contributed by atoms with E-state index in [0.717, 1.165) is 0 Å². The molecule has 2 heterocycles. The largest absolute Gasteiger partial charge is 0.385 e. The SMILES string of the molecule is CCc1nc([N+](=O)[O-])c2n1CCC(=O)C2. The Bertz CT molecular complexity index is 436. The fourth-order valence-corrected chi connectivity index (χ4v) is 1.89. The maximum atomic E-state index is 11.2. The lowest BCUT2D eigenvalue weighted by Gasteiger charge is -2.12. The smallest absolute Gasteiger partial charge is 0.358 e. The van der Waals surface area contributed by atoms with Crippen LogP contribution in [-0.4, -0.2) is 20.3 Å². The van der Waals surface area contributed by atoms with E-state index in [1.54, 1.807) is 4.57 Å². The molecule has 1 aliphatic heterocycles. The number of fused-ring (bicyclic) bond motifs is 1. The fraction of sp³-hybridized carbons (Fsp3) is 0.556. The molecule has 0 spiro atoms. The first-order chi connectivity index (χ1) is 7.13. The maximum absolute atomic E-state index is 11.2. The van der Waals surface area contributed by atoms with Crippen LogP contribution in [0.5, 0.6) is 0 Å². The van der Waals surface area contributed by atoms with Crippen LogP contribution in [0.25, 0.3) is 0 Å². The van der Waals surface area contributed by atoms with Crippen LogP contribution in [0.4, 0.5) is 5.82 Å². The highest BCUT2D eigenvalue weighted by molar-refractivity contribution is 5.82. The number of hydrogen-bond donors (Lipinski definition) is 0. The van der Waals surface area contributed by atoms with Crippen LogP contribution in [0.15, 0.2) is 0 Å². The van der Waals surface area contributed by atoms with Crippen molar-refractivity contribution in [2.75, 3.05) is 0 Å². The Morgan fingerprint density at radius 3 is 2.93 bits per heavy atom. The Morgan fingerprint density at radius 2 is 2.33 bits per heavy atom. The van der Waals surface area contributed by atoms with Crippen LogP contribution in [0.3, 0.4) is 0 Å². The lowest BCUT2D eigenvalue weighted by molar-refractivity contribution is -0.390. The number of aromatic nitrogens is 2. The van der Waals surface area contributed by atoms with E-state index in [9.17, 15) is 14.9 Å². The van der Waals surface area contributed by atoms with E-state index in [4.69, 9.17) is 0 Å². The van der Waals surface area contributed by atoms with Crippen LogP contribution >= 0.6 is 0 Å². The van der Waals surface area contributed by atoms with E-state index in [-0.39, 0.29) is 18.0 Å². The zero-order valence-electron chi connectivity index (χ0n) is 8.39. The molecule has 0 saturated carbocycles. The lowest BCUT2D eigenvalue weighted by atomic mass is 10.1. The second kappa shape index (κ2) is 3.45. The molecule has 80 valence electrons. The number of rotatable bonds is 2. The van der Waals surface area contributed by atoms with E-state index < -0.39 is 4.92 Å². The molecule has 0 N–H and O–H groups in total. The predicted octanol–water partition coefficient (Wildman–Crippen LogP) is 0.869. The Balaban J connectivity index is 2.54. The summed E-state index contributed by atoms with van der Waals surface area (Å²) in [6.07, 6.45) is 1.24. The zero-order chi connectivity index (χ0) is 11.0. The Hall–Kier alpha value is -1.72. The van der Waals surface area contributed by atoms with Gasteiger partial charge in [-0.1, -0.05) is 6.92 Å². The first kappa shape index (κ1) is 9.82. The molecular weight excluding hydrogens is 198 g/mol. The third kappa shape index (κ3) is 1.51. The van der Waals surface area contributed by atoms with E-state index in [1.807, 2.05) is 6.92 Å². The van der Waals surface area contributed by atoms with Crippen LogP contribution in [0.2, 0.25) is 0 Å². The van der Waals surface area contributed by atoms with Crippen molar-refractivity contribution in [3.63, 3.8) is 0 Å². The molecule has 0 saturated heterocycles. The lowest BCUT2D eigenvalue weighted by Crippen LogP contribution is -2.20. The summed E-state index contributed by atoms with van der Waals surface area (Å²) in [5, 5.41) is 10.7. The highest BCUT2D eigenvalue weighted by atomic mass is 16.6. The van der Waals surface area contributed by atoms with Crippen LogP contribution in [0.1, 0.15) is 24.9 Å². The van der Waals surface area contributed by atoms with Gasteiger partial charge in [-0.05, 0) is 9.91 Å². The molecule has 0 bridgehead atoms. The molecule has 0 unspecified atom stereocenters. The summed E-state index contributed by atoms with van der Waals surface area (Å²) in [6.45, 7) is 2.42. The molecule has 0 radical (unpaired) electrons. The molecule has 1 aromatic rings. The normalized spacial score (nSPS) is 15.1. The second-order valence-corrected chi connectivity index (χ2v) is 3.53. The van der Waals surface area contributed by atoms with Crippen molar-refractivity contribution in [1.29, 1.82) is 0 Å². The van der Waals surface area contributed by atoms with Crippen LogP contribution in [0, 0.1) is 10.1 Å². The monoisotopic (exact) mass is 209 g/mol. The quantitative estimate of drug-likeness (QED) is 0.534. The zero-order valence-corrected chi connectivity index (χ0v) is 8.39. The van der Waals surface area contributed by atoms with Crippen LogP contribution < -0.4 is 0 Å². The minimum atomic E-state index is -0.510. The Kier molecular flexibility index (Phi) is 2.26. The highest BCUT2D eigenvalue weighted by Crippen LogP contribution is 2.24. The van der Waals surface area contributed by atoms with Gasteiger partial charge in [-0.15, -0.1) is 0 Å². The molecule has 2 rings (SSSR count). The third-order valence-corrected chi connectivity index (χ3v) is 2.60. The van der Waals surface area contributed by atoms with Gasteiger partial charge >= 0.3 is 5.82 Å². The number of nitrogens with zero attached hydrogens (tertiary/aromatic N) is 3. The van der Waals surface area contributed by atoms with Gasteiger partial charge in [0.05, 0.1) is 6.42 Å². The predicted molar refractivity (Wildman–Crippen MR) is 51.6 cm³/mol. The van der Waals surface area contributed by atoms with Crippen molar-refractivity contribution in [2.45, 2.75) is 32.7 Å². The molecule has 0 aliphatic carbocycles. The van der Waals surface area contributed by atoms with Gasteiger partial charge in [0.15, 0.2) is 0 Å². The molecule has 0 fully saturated rings. The van der Waals surface area contributed by atoms with Gasteiger partial charge in [0.25, 0.3) is 0 Å². The Morgan fingerprint density at radius 1 is 1.60 bits per heavy atom. The minimum Gasteiger partial charge on any atom is -0.358 e. The summed E-state index contributed by atoms with van der Waals surface area (Å²) in [5.74, 6) is 0.595. The summed E-state index contributed by atoms with van der Waals surface area (Å²) in [5.41, 5.74) is 0.466. The summed E-state index contributed by atoms with van der Waals surface area (Å²) >= 11 is 0. The number of carbonyl (C=O) groups excluding carboxylic acids is 1. The topological polar surface area (TPSA) is 78.0 Å². The molecule has 0 amide bonds. The average molecular weight is 209 g/mol. The molecular formula is C9H11N3O3. The maximum Gasteiger partial charge on any atom is 0.385 e. The number of carbonyl (C=O) groups is 1. The van der Waals surface area contributed by atoms with E-state index in [2.05, 4.69) is 4.98 Å². The highest BCUT2D eigenvalue weighted by Gasteiger charge is 2.30. The van der Waals surface area contributed by atoms with Crippen molar-refractivity contribution in [3.8, 4) is 0 Å². The number of hydrogen-bond acceptors (Lipinski definition) is 4. The molecule has 1 aliphatic rings. The van der Waals surface area contributed by atoms with Crippen molar-refractivity contribution in [3.05, 3.63) is 21.6 Å². The van der Waals surface area contributed by atoms with Gasteiger partial charge in [-0.2, -0.15) is 0 Å². The van der Waals surface area contributed by atoms with E-state index in [0.29, 0.717) is 30.9 Å². The second-order valence-electron chi connectivity index (χ2n) is 3.53. The van der Waals surface area contributed by atoms with Gasteiger partial charge in [-0.3, -0.25) is 4.79 Å². The summed E-state index contributed by atoms with van der Waals surface area (Å²) in [4.78, 5) is 25.4. The van der Waals surface area contributed by atoms with Gasteiger partial charge in [0, 0.05) is 19.4 Å². The molecule has 6 heteroatoms. The van der Waals surface area contributed by atoms with Crippen molar-refractivity contribution >= 4 is 11.6 Å². The van der Waals surface area contributed by atoms with E-state index >= 15 is 0 Å². The standard InChI is InChI=1S/C9H11N3O3/c1-2-8-10-9(12(14)15)7-5-6(13)3-4-11(7)8/h2-5H2,1H3. The summed E-state index contributed by atoms with van der Waals surface area (Å²) in [6, 6.07) is 0. The third-order valence-electron chi connectivity index (χ3n) is 2.60. The number of ketones is 1. The average Bonchev–Trinajstić information content (AvgIpc) is 2.55. The molecule has 1 aromatic heterocycles. The van der Waals surface area contributed by atoms with Gasteiger partial charge in [0.1, 0.15) is 11.5 Å². The first-order valence-corrected chi connectivity index (χ1v) is 4.87. The van der Waals surface area contributed by atoms with Crippen molar-refractivity contribution in [1.82, 2.24) is 9.55 Å². The van der Waals surface area contributed by atoms with Gasteiger partial charge < -0.3 is 14.7 Å². The summed E-state index contributed by atoms with van der Waals surface area (Å²) in [7, 11) is 0. The molecule has 0 atom stereocenters. The minimum absolute atomic E-state index is 0.0492. The fourth-order valence-electron chi connectivity index (χ4n) is 1.89. The summed E-state index contributed by atoms with van der Waals surface area (Å²) < 4.78 is 1.81. The number of aryl methyl sites for hydroxylation is 1. The first-order valence-electron chi connectivity index (χ1n) is 4.87. The van der Waals surface area contributed by atoms with Crippen molar-refractivity contribution in [2.24, 2.45) is 0 Å². The number of nitro groups is 1. The number of Topliss-reactive ketones (excluding diaryl/α,β-unsaturated/α-hetero) is 1. The molecule has 0 aromatic carbocycles. The van der Waals surface area contributed by atoms with E-state index in [1.165, 1.54) is 0 Å². The van der Waals surface area contributed by atoms with Crippen molar-refractivity contribution < 1.29 is 9.72 Å². The number of imidazole rings is 1.